The number of allylic oxidation sites excluding steroid dienone is 2. The highest BCUT2D eigenvalue weighted by Gasteiger charge is 2.42. The SMILES string of the molecule is N#CC1=C(N)OC2(O)CCCCCC2=C1C#N. The molecular weight excluding hydrogens is 218 g/mol. The average molecular weight is 231 g/mol. The van der Waals surface area contributed by atoms with Gasteiger partial charge in [0, 0.05) is 12.0 Å². The van der Waals surface area contributed by atoms with Crippen LogP contribution in [-0.4, -0.2) is 10.9 Å². The first-order valence-electron chi connectivity index (χ1n) is 5.57. The van der Waals surface area contributed by atoms with Gasteiger partial charge in [0.05, 0.1) is 5.57 Å². The lowest BCUT2D eigenvalue weighted by molar-refractivity contribution is -0.156. The van der Waals surface area contributed by atoms with E-state index in [1.807, 2.05) is 12.1 Å². The van der Waals surface area contributed by atoms with E-state index in [1.165, 1.54) is 0 Å². The standard InChI is InChI=1S/C12H13N3O2/c13-6-8-9(7-14)11(15)17-12(16)5-3-1-2-4-10(8)12/h16H,1-5,15H2. The fraction of sp³-hybridized carbons (Fsp3) is 0.500. The summed E-state index contributed by atoms with van der Waals surface area (Å²) in [5.41, 5.74) is 6.31. The third-order valence-electron chi connectivity index (χ3n) is 3.21. The topological polar surface area (TPSA) is 103 Å². The number of hydrogen-bond donors (Lipinski definition) is 2. The second-order valence-electron chi connectivity index (χ2n) is 4.26. The van der Waals surface area contributed by atoms with Gasteiger partial charge in [0.2, 0.25) is 11.7 Å². The van der Waals surface area contributed by atoms with Crippen molar-refractivity contribution in [1.29, 1.82) is 10.5 Å². The molecule has 0 saturated heterocycles. The van der Waals surface area contributed by atoms with Gasteiger partial charge < -0.3 is 15.6 Å². The molecule has 1 aliphatic heterocycles. The molecule has 0 aromatic carbocycles. The van der Waals surface area contributed by atoms with E-state index < -0.39 is 5.79 Å². The Labute approximate surface area is 99.4 Å². The van der Waals surface area contributed by atoms with Crippen LogP contribution >= 0.6 is 0 Å². The van der Waals surface area contributed by atoms with Gasteiger partial charge in [-0.15, -0.1) is 0 Å². The lowest BCUT2D eigenvalue weighted by atomic mass is 9.90. The number of nitrogens with two attached hydrogens (primary N) is 1. The first kappa shape index (κ1) is 11.5. The van der Waals surface area contributed by atoms with Crippen molar-refractivity contribution >= 4 is 0 Å². The summed E-state index contributed by atoms with van der Waals surface area (Å²) in [6.07, 6.45) is 3.64. The molecule has 5 heteroatoms. The monoisotopic (exact) mass is 231 g/mol. The molecule has 1 fully saturated rings. The molecule has 0 radical (unpaired) electrons. The van der Waals surface area contributed by atoms with Crippen LogP contribution < -0.4 is 5.73 Å². The maximum atomic E-state index is 10.4. The van der Waals surface area contributed by atoms with Crippen LogP contribution in [0.4, 0.5) is 0 Å². The molecule has 0 aromatic heterocycles. The molecule has 0 bridgehead atoms. The molecule has 3 N–H and O–H groups in total. The van der Waals surface area contributed by atoms with Crippen molar-refractivity contribution in [2.24, 2.45) is 5.73 Å². The van der Waals surface area contributed by atoms with Crippen molar-refractivity contribution in [1.82, 2.24) is 0 Å². The van der Waals surface area contributed by atoms with E-state index >= 15 is 0 Å². The molecule has 0 aromatic rings. The highest BCUT2D eigenvalue weighted by atomic mass is 16.6. The zero-order valence-corrected chi connectivity index (χ0v) is 9.36. The van der Waals surface area contributed by atoms with E-state index in [1.54, 1.807) is 0 Å². The summed E-state index contributed by atoms with van der Waals surface area (Å²) in [5, 5.41) is 28.5. The maximum absolute atomic E-state index is 10.4. The molecular formula is C12H13N3O2. The normalized spacial score (nSPS) is 28.6. The minimum Gasteiger partial charge on any atom is -0.442 e. The van der Waals surface area contributed by atoms with Crippen molar-refractivity contribution in [2.45, 2.75) is 37.9 Å². The molecule has 5 nitrogen and oxygen atoms in total. The molecule has 88 valence electrons. The van der Waals surface area contributed by atoms with Crippen molar-refractivity contribution in [3.05, 3.63) is 22.6 Å². The van der Waals surface area contributed by atoms with Gasteiger partial charge in [0.25, 0.3) is 0 Å². The van der Waals surface area contributed by atoms with E-state index in [-0.39, 0.29) is 17.0 Å². The summed E-state index contributed by atoms with van der Waals surface area (Å²) < 4.78 is 5.27. The van der Waals surface area contributed by atoms with Gasteiger partial charge in [-0.25, -0.2) is 0 Å². The van der Waals surface area contributed by atoms with Crippen LogP contribution in [0, 0.1) is 22.7 Å². The van der Waals surface area contributed by atoms with Crippen LogP contribution in [0.15, 0.2) is 22.6 Å². The van der Waals surface area contributed by atoms with E-state index in [9.17, 15) is 5.11 Å². The number of aliphatic hydroxyl groups is 1. The Morgan fingerprint density at radius 3 is 2.53 bits per heavy atom. The van der Waals surface area contributed by atoms with Gasteiger partial charge in [-0.1, -0.05) is 6.42 Å². The van der Waals surface area contributed by atoms with Gasteiger partial charge in [0.15, 0.2) is 0 Å². The molecule has 1 atom stereocenters. The zero-order chi connectivity index (χ0) is 12.5. The molecule has 2 aliphatic rings. The predicted molar refractivity (Wildman–Crippen MR) is 58.6 cm³/mol. The van der Waals surface area contributed by atoms with Gasteiger partial charge in [-0.2, -0.15) is 10.5 Å². The predicted octanol–water partition coefficient (Wildman–Crippen LogP) is 1.18. The molecule has 1 saturated carbocycles. The molecule has 0 amide bonds. The first-order valence-corrected chi connectivity index (χ1v) is 5.57. The molecule has 1 unspecified atom stereocenters. The zero-order valence-electron chi connectivity index (χ0n) is 9.36. The van der Waals surface area contributed by atoms with Crippen LogP contribution in [0.25, 0.3) is 0 Å². The third-order valence-corrected chi connectivity index (χ3v) is 3.21. The summed E-state index contributed by atoms with van der Waals surface area (Å²) in [5.74, 6) is -1.65. The minimum atomic E-state index is -1.49. The summed E-state index contributed by atoms with van der Waals surface area (Å²) in [6, 6.07) is 3.83. The highest BCUT2D eigenvalue weighted by Crippen LogP contribution is 2.41. The van der Waals surface area contributed by atoms with Crippen LogP contribution in [-0.2, 0) is 4.74 Å². The Balaban J connectivity index is 2.59. The van der Waals surface area contributed by atoms with Crippen molar-refractivity contribution in [2.75, 3.05) is 0 Å². The lowest BCUT2D eigenvalue weighted by Gasteiger charge is -2.34. The fourth-order valence-electron chi connectivity index (χ4n) is 2.36. The minimum absolute atomic E-state index is 0.0362. The van der Waals surface area contributed by atoms with E-state index in [2.05, 4.69) is 0 Å². The van der Waals surface area contributed by atoms with Crippen LogP contribution in [0.3, 0.4) is 0 Å². The number of fused-ring (bicyclic) bond motifs is 1. The van der Waals surface area contributed by atoms with Gasteiger partial charge in [-0.05, 0) is 19.3 Å². The number of nitriles is 2. The van der Waals surface area contributed by atoms with Crippen molar-refractivity contribution in [3.8, 4) is 12.1 Å². The molecule has 1 aliphatic carbocycles. The second kappa shape index (κ2) is 4.12. The van der Waals surface area contributed by atoms with Crippen LogP contribution in [0.1, 0.15) is 32.1 Å². The van der Waals surface area contributed by atoms with E-state index in [0.717, 1.165) is 19.3 Å². The van der Waals surface area contributed by atoms with Gasteiger partial charge >= 0.3 is 0 Å². The number of hydrogen-bond acceptors (Lipinski definition) is 5. The summed E-state index contributed by atoms with van der Waals surface area (Å²) in [6.45, 7) is 0. The molecule has 17 heavy (non-hydrogen) atoms. The quantitative estimate of drug-likeness (QED) is 0.651. The largest absolute Gasteiger partial charge is 0.442 e. The Hall–Kier alpha value is -1.98. The van der Waals surface area contributed by atoms with E-state index in [4.69, 9.17) is 21.0 Å². The molecule has 1 heterocycles. The van der Waals surface area contributed by atoms with Crippen LogP contribution in [0.5, 0.6) is 0 Å². The van der Waals surface area contributed by atoms with Crippen LogP contribution in [0.2, 0.25) is 0 Å². The number of rotatable bonds is 0. The van der Waals surface area contributed by atoms with Crippen molar-refractivity contribution < 1.29 is 9.84 Å². The smallest absolute Gasteiger partial charge is 0.234 e. The Morgan fingerprint density at radius 2 is 1.88 bits per heavy atom. The Bertz CT molecular complexity index is 493. The maximum Gasteiger partial charge on any atom is 0.234 e. The second-order valence-corrected chi connectivity index (χ2v) is 4.26. The highest BCUT2D eigenvalue weighted by molar-refractivity contribution is 5.57. The summed E-state index contributed by atoms with van der Waals surface area (Å²) in [4.78, 5) is 0. The molecule has 2 rings (SSSR count). The third kappa shape index (κ3) is 1.75. The number of nitrogens with zero attached hydrogens (tertiary/aromatic N) is 2. The van der Waals surface area contributed by atoms with E-state index in [0.29, 0.717) is 18.4 Å². The van der Waals surface area contributed by atoms with Gasteiger partial charge in [0.1, 0.15) is 17.7 Å². The fourth-order valence-corrected chi connectivity index (χ4v) is 2.36. The lowest BCUT2D eigenvalue weighted by Crippen LogP contribution is -2.39. The first-order chi connectivity index (χ1) is 8.12. The van der Waals surface area contributed by atoms with Crippen molar-refractivity contribution in [3.63, 3.8) is 0 Å². The van der Waals surface area contributed by atoms with Gasteiger partial charge in [-0.3, -0.25) is 0 Å². The number of ether oxygens (including phenoxy) is 1. The Kier molecular flexibility index (Phi) is 2.79. The summed E-state index contributed by atoms with van der Waals surface area (Å²) >= 11 is 0. The average Bonchev–Trinajstić information content (AvgIpc) is 2.48. The molecule has 0 spiro atoms. The summed E-state index contributed by atoms with van der Waals surface area (Å²) in [7, 11) is 0. The Morgan fingerprint density at radius 1 is 1.18 bits per heavy atom.